The van der Waals surface area contributed by atoms with E-state index in [1.807, 2.05) is 10.6 Å². The third kappa shape index (κ3) is 2.28. The molecule has 4 aromatic rings. The van der Waals surface area contributed by atoms with Gasteiger partial charge in [0, 0.05) is 36.8 Å². The van der Waals surface area contributed by atoms with E-state index >= 15 is 0 Å². The molecule has 0 aliphatic carbocycles. The molecule has 0 radical (unpaired) electrons. The first-order valence-electron chi connectivity index (χ1n) is 7.39. The second-order valence-corrected chi connectivity index (χ2v) is 5.48. The predicted molar refractivity (Wildman–Crippen MR) is 89.5 cm³/mol. The van der Waals surface area contributed by atoms with Gasteiger partial charge in [-0.2, -0.15) is 0 Å². The van der Waals surface area contributed by atoms with Crippen LogP contribution in [-0.4, -0.2) is 19.1 Å². The van der Waals surface area contributed by atoms with Crippen LogP contribution in [0.1, 0.15) is 0 Å². The zero-order valence-electron chi connectivity index (χ0n) is 12.8. The van der Waals surface area contributed by atoms with Gasteiger partial charge in [0.15, 0.2) is 0 Å². The van der Waals surface area contributed by atoms with Crippen LogP contribution in [0.4, 0.5) is 4.39 Å². The Labute approximate surface area is 136 Å². The van der Waals surface area contributed by atoms with Crippen LogP contribution in [0, 0.1) is 5.82 Å². The Kier molecular flexibility index (Phi) is 3.23. The molecular weight excluding hydrogens is 307 g/mol. The van der Waals surface area contributed by atoms with Gasteiger partial charge in [-0.25, -0.2) is 9.37 Å². The van der Waals surface area contributed by atoms with Crippen molar-refractivity contribution in [2.45, 2.75) is 0 Å². The van der Waals surface area contributed by atoms with Gasteiger partial charge < -0.3 is 4.57 Å². The fraction of sp³-hybridized carbons (Fsp3) is 0.0556. The second kappa shape index (κ2) is 5.42. The molecule has 6 heteroatoms. The third-order valence-corrected chi connectivity index (χ3v) is 3.90. The summed E-state index contributed by atoms with van der Waals surface area (Å²) in [5.41, 5.74) is 2.87. The molecule has 0 N–H and O–H groups in total. The standard InChI is InChI=1S/C18H13FN4O/c1-22-9-7-12(10-17(22)24)18-21-15-6-8-20-11-16(15)23(18)14-4-2-13(19)3-5-14/h2-11H,1H3. The van der Waals surface area contributed by atoms with E-state index in [1.165, 1.54) is 22.8 Å². The summed E-state index contributed by atoms with van der Waals surface area (Å²) in [5.74, 6) is 0.304. The molecule has 0 aliphatic rings. The molecule has 0 aliphatic heterocycles. The normalized spacial score (nSPS) is 11.1. The van der Waals surface area contributed by atoms with E-state index in [0.717, 1.165) is 16.7 Å². The molecule has 0 saturated carbocycles. The Morgan fingerprint density at radius 1 is 1.08 bits per heavy atom. The number of pyridine rings is 2. The fourth-order valence-corrected chi connectivity index (χ4v) is 2.66. The van der Waals surface area contributed by atoms with Gasteiger partial charge in [-0.05, 0) is 36.4 Å². The van der Waals surface area contributed by atoms with E-state index in [-0.39, 0.29) is 11.4 Å². The molecule has 4 rings (SSSR count). The van der Waals surface area contributed by atoms with Crippen molar-refractivity contribution in [2.24, 2.45) is 7.05 Å². The van der Waals surface area contributed by atoms with Crippen molar-refractivity contribution in [2.75, 3.05) is 0 Å². The summed E-state index contributed by atoms with van der Waals surface area (Å²) >= 11 is 0. The van der Waals surface area contributed by atoms with Crippen LogP contribution in [0.2, 0.25) is 0 Å². The quantitative estimate of drug-likeness (QED) is 0.570. The molecular formula is C18H13FN4O. The van der Waals surface area contributed by atoms with Gasteiger partial charge in [-0.3, -0.25) is 14.3 Å². The number of benzene rings is 1. The van der Waals surface area contributed by atoms with Crippen LogP contribution in [0.25, 0.3) is 28.1 Å². The van der Waals surface area contributed by atoms with E-state index in [1.54, 1.807) is 43.8 Å². The summed E-state index contributed by atoms with van der Waals surface area (Å²) in [6, 6.07) is 11.3. The molecule has 0 atom stereocenters. The summed E-state index contributed by atoms with van der Waals surface area (Å²) in [7, 11) is 1.69. The number of rotatable bonds is 2. The first kappa shape index (κ1) is 14.3. The number of aromatic nitrogens is 4. The lowest BCUT2D eigenvalue weighted by molar-refractivity contribution is 0.627. The SMILES string of the molecule is Cn1ccc(-c2nc3ccncc3n2-c2ccc(F)cc2)cc1=O. The predicted octanol–water partition coefficient (Wildman–Crippen LogP) is 2.93. The average Bonchev–Trinajstić information content (AvgIpc) is 2.97. The first-order chi connectivity index (χ1) is 11.6. The Bertz CT molecular complexity index is 1100. The molecule has 0 spiro atoms. The van der Waals surface area contributed by atoms with Gasteiger partial charge in [0.25, 0.3) is 5.56 Å². The molecule has 5 nitrogen and oxygen atoms in total. The first-order valence-corrected chi connectivity index (χ1v) is 7.39. The topological polar surface area (TPSA) is 52.7 Å². The number of hydrogen-bond donors (Lipinski definition) is 0. The zero-order chi connectivity index (χ0) is 16.7. The van der Waals surface area contributed by atoms with Gasteiger partial charge in [0.05, 0.1) is 17.2 Å². The highest BCUT2D eigenvalue weighted by Gasteiger charge is 2.15. The van der Waals surface area contributed by atoms with Gasteiger partial charge in [-0.1, -0.05) is 0 Å². The van der Waals surface area contributed by atoms with Gasteiger partial charge in [0.2, 0.25) is 0 Å². The maximum atomic E-state index is 13.3. The van der Waals surface area contributed by atoms with Crippen molar-refractivity contribution < 1.29 is 4.39 Å². The molecule has 0 bridgehead atoms. The fourth-order valence-electron chi connectivity index (χ4n) is 2.66. The van der Waals surface area contributed by atoms with Crippen molar-refractivity contribution >= 4 is 11.0 Å². The lowest BCUT2D eigenvalue weighted by atomic mass is 10.2. The Morgan fingerprint density at radius 2 is 1.88 bits per heavy atom. The average molecular weight is 320 g/mol. The number of fused-ring (bicyclic) bond motifs is 1. The lowest BCUT2D eigenvalue weighted by Gasteiger charge is -2.09. The molecule has 118 valence electrons. The minimum absolute atomic E-state index is 0.122. The van der Waals surface area contributed by atoms with Crippen LogP contribution >= 0.6 is 0 Å². The lowest BCUT2D eigenvalue weighted by Crippen LogP contribution is -2.14. The summed E-state index contributed by atoms with van der Waals surface area (Å²) in [4.78, 5) is 20.8. The molecule has 0 saturated heterocycles. The summed E-state index contributed by atoms with van der Waals surface area (Å²) < 4.78 is 16.6. The summed E-state index contributed by atoms with van der Waals surface area (Å²) in [5, 5.41) is 0. The van der Waals surface area contributed by atoms with Crippen LogP contribution in [-0.2, 0) is 7.05 Å². The van der Waals surface area contributed by atoms with Gasteiger partial charge in [-0.15, -0.1) is 0 Å². The maximum Gasteiger partial charge on any atom is 0.250 e. The number of halogens is 1. The highest BCUT2D eigenvalue weighted by Crippen LogP contribution is 2.27. The van der Waals surface area contributed by atoms with Crippen LogP contribution < -0.4 is 5.56 Å². The maximum absolute atomic E-state index is 13.3. The minimum atomic E-state index is -0.309. The highest BCUT2D eigenvalue weighted by molar-refractivity contribution is 5.82. The van der Waals surface area contributed by atoms with Crippen LogP contribution in [0.5, 0.6) is 0 Å². The Balaban J connectivity index is 2.04. The summed E-state index contributed by atoms with van der Waals surface area (Å²) in [6.45, 7) is 0. The van der Waals surface area contributed by atoms with E-state index in [9.17, 15) is 9.18 Å². The largest absolute Gasteiger partial charge is 0.319 e. The molecule has 0 amide bonds. The monoisotopic (exact) mass is 320 g/mol. The van der Waals surface area contributed by atoms with E-state index in [2.05, 4.69) is 9.97 Å². The van der Waals surface area contributed by atoms with Crippen molar-refractivity contribution in [3.63, 3.8) is 0 Å². The van der Waals surface area contributed by atoms with Crippen molar-refractivity contribution in [1.29, 1.82) is 0 Å². The van der Waals surface area contributed by atoms with Crippen molar-refractivity contribution in [3.8, 4) is 17.1 Å². The van der Waals surface area contributed by atoms with Crippen molar-refractivity contribution in [3.05, 3.63) is 77.2 Å². The number of nitrogens with zero attached hydrogens (tertiary/aromatic N) is 4. The zero-order valence-corrected chi connectivity index (χ0v) is 12.8. The molecule has 1 aromatic carbocycles. The minimum Gasteiger partial charge on any atom is -0.319 e. The van der Waals surface area contributed by atoms with E-state index < -0.39 is 0 Å². The van der Waals surface area contributed by atoms with Crippen LogP contribution in [0.15, 0.2) is 65.8 Å². The molecule has 24 heavy (non-hydrogen) atoms. The molecule has 0 unspecified atom stereocenters. The summed E-state index contributed by atoms with van der Waals surface area (Å²) in [6.07, 6.45) is 5.07. The smallest absolute Gasteiger partial charge is 0.250 e. The number of imidazole rings is 1. The Morgan fingerprint density at radius 3 is 2.62 bits per heavy atom. The second-order valence-electron chi connectivity index (χ2n) is 5.48. The molecule has 3 aromatic heterocycles. The van der Waals surface area contributed by atoms with Crippen LogP contribution in [0.3, 0.4) is 0 Å². The van der Waals surface area contributed by atoms with Crippen molar-refractivity contribution in [1.82, 2.24) is 19.1 Å². The van der Waals surface area contributed by atoms with E-state index in [0.29, 0.717) is 11.4 Å². The van der Waals surface area contributed by atoms with Gasteiger partial charge >= 0.3 is 0 Å². The number of aryl methyl sites for hydroxylation is 1. The Hall–Kier alpha value is -3.28. The highest BCUT2D eigenvalue weighted by atomic mass is 19.1. The molecule has 3 heterocycles. The molecule has 0 fully saturated rings. The number of hydrogen-bond acceptors (Lipinski definition) is 3. The van der Waals surface area contributed by atoms with E-state index in [4.69, 9.17) is 0 Å². The third-order valence-electron chi connectivity index (χ3n) is 3.90. The van der Waals surface area contributed by atoms with Gasteiger partial charge in [0.1, 0.15) is 11.6 Å².